The predicted molar refractivity (Wildman–Crippen MR) is 80.5 cm³/mol. The average molecular weight is 244 g/mol. The summed E-state index contributed by atoms with van der Waals surface area (Å²) in [5, 5.41) is 0. The molecule has 0 aromatic heterocycles. The zero-order chi connectivity index (χ0) is 13.4. The first-order valence-electron chi connectivity index (χ1n) is 6.50. The number of hydrogen-bond acceptors (Lipinski definition) is 1. The number of ketones is 1. The van der Waals surface area contributed by atoms with Crippen molar-refractivity contribution in [2.24, 2.45) is 0 Å². The molecule has 1 aromatic rings. The number of unbranched alkanes of at least 4 members (excludes halogenated alkanes) is 1. The minimum Gasteiger partial charge on any atom is -0.295 e. The molecule has 0 N–H and O–H groups in total. The SMILES string of the molecule is C=C(C)CCCCC(=O)/C(C)=C/c1ccccc1.[HH]. The average Bonchev–Trinajstić information content (AvgIpc) is 2.35. The van der Waals surface area contributed by atoms with E-state index in [1.165, 1.54) is 5.57 Å². The Morgan fingerprint density at radius 2 is 1.78 bits per heavy atom. The van der Waals surface area contributed by atoms with Gasteiger partial charge < -0.3 is 0 Å². The van der Waals surface area contributed by atoms with Crippen LogP contribution in [-0.2, 0) is 4.79 Å². The third-order valence-electron chi connectivity index (χ3n) is 2.88. The summed E-state index contributed by atoms with van der Waals surface area (Å²) in [5.41, 5.74) is 3.13. The van der Waals surface area contributed by atoms with Gasteiger partial charge in [-0.2, -0.15) is 0 Å². The summed E-state index contributed by atoms with van der Waals surface area (Å²) < 4.78 is 0. The predicted octanol–water partition coefficient (Wildman–Crippen LogP) is 5.04. The van der Waals surface area contributed by atoms with E-state index in [4.69, 9.17) is 0 Å². The lowest BCUT2D eigenvalue weighted by Crippen LogP contribution is -1.99. The second kappa shape index (κ2) is 7.65. The minimum atomic E-state index is 0. The van der Waals surface area contributed by atoms with Crippen LogP contribution in [-0.4, -0.2) is 5.78 Å². The maximum atomic E-state index is 11.9. The molecule has 1 nitrogen and oxygen atoms in total. The number of carbonyl (C=O) groups excluding carboxylic acids is 1. The Kier molecular flexibility index (Phi) is 6.13. The van der Waals surface area contributed by atoms with Crippen molar-refractivity contribution in [3.63, 3.8) is 0 Å². The molecule has 0 aliphatic heterocycles. The summed E-state index contributed by atoms with van der Waals surface area (Å²) in [5.74, 6) is 0.251. The van der Waals surface area contributed by atoms with E-state index in [9.17, 15) is 4.79 Å². The van der Waals surface area contributed by atoms with Gasteiger partial charge in [0.05, 0.1) is 0 Å². The topological polar surface area (TPSA) is 17.1 Å². The van der Waals surface area contributed by atoms with Crippen LogP contribution in [0.25, 0.3) is 6.08 Å². The van der Waals surface area contributed by atoms with E-state index in [2.05, 4.69) is 6.58 Å². The second-order valence-corrected chi connectivity index (χ2v) is 4.83. The molecule has 0 heterocycles. The molecule has 0 saturated heterocycles. The maximum absolute atomic E-state index is 11.9. The van der Waals surface area contributed by atoms with Gasteiger partial charge in [0.1, 0.15) is 0 Å². The van der Waals surface area contributed by atoms with Crippen LogP contribution in [0.2, 0.25) is 0 Å². The summed E-state index contributed by atoms with van der Waals surface area (Å²) in [6.07, 6.45) is 5.63. The van der Waals surface area contributed by atoms with Crippen molar-refractivity contribution in [3.05, 3.63) is 53.6 Å². The van der Waals surface area contributed by atoms with Gasteiger partial charge in [0, 0.05) is 7.85 Å². The molecular weight excluding hydrogens is 220 g/mol. The van der Waals surface area contributed by atoms with E-state index >= 15 is 0 Å². The van der Waals surface area contributed by atoms with Crippen molar-refractivity contribution in [1.82, 2.24) is 0 Å². The van der Waals surface area contributed by atoms with Gasteiger partial charge in [-0.15, -0.1) is 6.58 Å². The van der Waals surface area contributed by atoms with Gasteiger partial charge in [-0.05, 0) is 50.3 Å². The third kappa shape index (κ3) is 5.62. The maximum Gasteiger partial charge on any atom is 0.158 e. The Bertz CT molecular complexity index is 432. The van der Waals surface area contributed by atoms with E-state index in [1.807, 2.05) is 50.3 Å². The van der Waals surface area contributed by atoms with Gasteiger partial charge in [-0.3, -0.25) is 4.79 Å². The molecule has 0 saturated carbocycles. The standard InChI is InChI=1S/C17H22O.H2/c1-14(2)9-7-8-12-17(18)15(3)13-16-10-5-4-6-11-16;/h4-6,10-11,13H,1,7-9,12H2,2-3H3;1H/b15-13+;. The van der Waals surface area contributed by atoms with Crippen molar-refractivity contribution < 1.29 is 6.22 Å². The molecule has 1 aromatic carbocycles. The molecule has 0 bridgehead atoms. The molecule has 0 atom stereocenters. The zero-order valence-electron chi connectivity index (χ0n) is 11.4. The van der Waals surface area contributed by atoms with Crippen LogP contribution in [0, 0.1) is 0 Å². The number of Topliss-reactive ketones (excluding diaryl/α,β-unsaturated/α-hetero) is 1. The van der Waals surface area contributed by atoms with Crippen molar-refractivity contribution >= 4 is 11.9 Å². The van der Waals surface area contributed by atoms with Gasteiger partial charge in [0.25, 0.3) is 0 Å². The number of rotatable bonds is 7. The van der Waals surface area contributed by atoms with E-state index in [0.717, 1.165) is 30.4 Å². The van der Waals surface area contributed by atoms with Crippen molar-refractivity contribution in [1.29, 1.82) is 0 Å². The first-order chi connectivity index (χ1) is 8.59. The lowest BCUT2D eigenvalue weighted by atomic mass is 10.0. The first kappa shape index (κ1) is 14.4. The summed E-state index contributed by atoms with van der Waals surface area (Å²) in [7, 11) is 0. The van der Waals surface area contributed by atoms with Crippen molar-refractivity contribution in [2.75, 3.05) is 0 Å². The van der Waals surface area contributed by atoms with Gasteiger partial charge in [0.15, 0.2) is 5.78 Å². The fourth-order valence-corrected chi connectivity index (χ4v) is 1.79. The Balaban J connectivity index is 0.00000324. The van der Waals surface area contributed by atoms with Crippen molar-refractivity contribution in [3.8, 4) is 0 Å². The van der Waals surface area contributed by atoms with Crippen LogP contribution in [0.4, 0.5) is 0 Å². The highest BCUT2D eigenvalue weighted by Crippen LogP contribution is 2.12. The molecule has 0 amide bonds. The lowest BCUT2D eigenvalue weighted by molar-refractivity contribution is -0.115. The summed E-state index contributed by atoms with van der Waals surface area (Å²) in [6, 6.07) is 9.97. The molecule has 0 unspecified atom stereocenters. The fourth-order valence-electron chi connectivity index (χ4n) is 1.79. The van der Waals surface area contributed by atoms with Crippen molar-refractivity contribution in [2.45, 2.75) is 39.5 Å². The Morgan fingerprint density at radius 1 is 1.17 bits per heavy atom. The van der Waals surface area contributed by atoms with Crippen LogP contribution >= 0.6 is 0 Å². The normalized spacial score (nSPS) is 11.3. The van der Waals surface area contributed by atoms with Gasteiger partial charge >= 0.3 is 0 Å². The lowest BCUT2D eigenvalue weighted by Gasteiger charge is -2.02. The Labute approximate surface area is 112 Å². The fraction of sp³-hybridized carbons (Fsp3) is 0.353. The molecule has 98 valence electrons. The number of hydrogen-bond donors (Lipinski definition) is 0. The summed E-state index contributed by atoms with van der Waals surface area (Å²) in [4.78, 5) is 11.9. The van der Waals surface area contributed by atoms with E-state index in [1.54, 1.807) is 0 Å². The number of benzene rings is 1. The van der Waals surface area contributed by atoms with Crippen LogP contribution in [0.15, 0.2) is 48.1 Å². The molecule has 1 heteroatoms. The first-order valence-corrected chi connectivity index (χ1v) is 6.50. The smallest absolute Gasteiger partial charge is 0.158 e. The quantitative estimate of drug-likeness (QED) is 0.373. The second-order valence-electron chi connectivity index (χ2n) is 4.83. The van der Waals surface area contributed by atoms with Gasteiger partial charge in [0.2, 0.25) is 0 Å². The Hall–Kier alpha value is -1.63. The van der Waals surface area contributed by atoms with Gasteiger partial charge in [-0.25, -0.2) is 0 Å². The molecule has 1 rings (SSSR count). The van der Waals surface area contributed by atoms with E-state index in [-0.39, 0.29) is 7.21 Å². The zero-order valence-corrected chi connectivity index (χ0v) is 11.4. The monoisotopic (exact) mass is 244 g/mol. The molecule has 0 radical (unpaired) electrons. The number of carbonyl (C=O) groups is 1. The largest absolute Gasteiger partial charge is 0.295 e. The third-order valence-corrected chi connectivity index (χ3v) is 2.88. The Morgan fingerprint density at radius 3 is 2.39 bits per heavy atom. The molecule has 0 spiro atoms. The summed E-state index contributed by atoms with van der Waals surface area (Å²) in [6.45, 7) is 7.79. The molecular formula is C17H24O. The van der Waals surface area contributed by atoms with Crippen LogP contribution in [0.5, 0.6) is 0 Å². The highest BCUT2D eigenvalue weighted by molar-refractivity contribution is 5.98. The van der Waals surface area contributed by atoms with E-state index in [0.29, 0.717) is 6.42 Å². The number of allylic oxidation sites excluding steroid dienone is 2. The highest BCUT2D eigenvalue weighted by Gasteiger charge is 2.04. The minimum absolute atomic E-state index is 0. The van der Waals surface area contributed by atoms with Gasteiger partial charge in [-0.1, -0.05) is 35.9 Å². The van der Waals surface area contributed by atoms with Crippen LogP contribution in [0.3, 0.4) is 0 Å². The molecule has 0 fully saturated rings. The molecule has 0 aliphatic carbocycles. The molecule has 0 aliphatic rings. The summed E-state index contributed by atoms with van der Waals surface area (Å²) >= 11 is 0. The van der Waals surface area contributed by atoms with E-state index < -0.39 is 0 Å². The van der Waals surface area contributed by atoms with Crippen LogP contribution in [0.1, 0.15) is 46.5 Å². The van der Waals surface area contributed by atoms with Crippen LogP contribution < -0.4 is 0 Å². The molecule has 18 heavy (non-hydrogen) atoms. The highest BCUT2D eigenvalue weighted by atomic mass is 16.1.